The van der Waals surface area contributed by atoms with Crippen LogP contribution in [0.15, 0.2) is 18.2 Å². The Morgan fingerprint density at radius 3 is 2.79 bits per heavy atom. The number of anilines is 1. The van der Waals surface area contributed by atoms with Crippen molar-refractivity contribution in [3.05, 3.63) is 29.6 Å². The SMILES string of the molecule is [C-]#[N+]c1cc(O)ccc1NP(N)(=O)[O-]. The Labute approximate surface area is 80.4 Å². The third-order valence-electron chi connectivity index (χ3n) is 1.38. The normalized spacial score (nSPS) is 14.1. The highest BCUT2D eigenvalue weighted by atomic mass is 31.2. The first-order chi connectivity index (χ1) is 6.42. The van der Waals surface area contributed by atoms with E-state index in [1.54, 1.807) is 0 Å². The molecule has 0 bridgehead atoms. The third-order valence-corrected chi connectivity index (χ3v) is 1.93. The van der Waals surface area contributed by atoms with Crippen molar-refractivity contribution in [2.24, 2.45) is 5.50 Å². The van der Waals surface area contributed by atoms with E-state index in [-0.39, 0.29) is 17.1 Å². The molecule has 7 heteroatoms. The first-order valence-corrected chi connectivity index (χ1v) is 5.20. The Morgan fingerprint density at radius 2 is 2.29 bits per heavy atom. The maximum Gasteiger partial charge on any atom is 0.213 e. The van der Waals surface area contributed by atoms with Gasteiger partial charge in [0.2, 0.25) is 5.69 Å². The highest BCUT2D eigenvalue weighted by Crippen LogP contribution is 2.35. The van der Waals surface area contributed by atoms with Crippen molar-refractivity contribution in [1.29, 1.82) is 0 Å². The molecule has 0 aliphatic rings. The van der Waals surface area contributed by atoms with E-state index >= 15 is 0 Å². The summed E-state index contributed by atoms with van der Waals surface area (Å²) in [5, 5.41) is 11.0. The fourth-order valence-corrected chi connectivity index (χ4v) is 1.40. The maximum atomic E-state index is 10.7. The summed E-state index contributed by atoms with van der Waals surface area (Å²) in [5.41, 5.74) is 4.80. The molecule has 0 aliphatic carbocycles. The second-order valence-electron chi connectivity index (χ2n) is 2.52. The minimum Gasteiger partial charge on any atom is -0.772 e. The summed E-state index contributed by atoms with van der Waals surface area (Å²) in [6, 6.07) is 3.66. The van der Waals surface area contributed by atoms with Gasteiger partial charge in [-0.15, -0.1) is 0 Å². The van der Waals surface area contributed by atoms with Crippen molar-refractivity contribution in [3.63, 3.8) is 0 Å². The van der Waals surface area contributed by atoms with Crippen LogP contribution in [0.25, 0.3) is 4.85 Å². The molecule has 1 aromatic carbocycles. The third kappa shape index (κ3) is 2.75. The Hall–Kier alpha value is -1.54. The van der Waals surface area contributed by atoms with Crippen molar-refractivity contribution in [2.45, 2.75) is 0 Å². The molecule has 1 unspecified atom stereocenters. The topological polar surface area (TPSA) is 103 Å². The van der Waals surface area contributed by atoms with Gasteiger partial charge in [-0.05, 0) is 18.2 Å². The van der Waals surface area contributed by atoms with Crippen LogP contribution in [0.4, 0.5) is 11.4 Å². The van der Waals surface area contributed by atoms with Crippen LogP contribution in [-0.4, -0.2) is 5.11 Å². The number of rotatable bonds is 2. The zero-order valence-electron chi connectivity index (χ0n) is 6.97. The van der Waals surface area contributed by atoms with Crippen molar-refractivity contribution in [2.75, 3.05) is 5.09 Å². The van der Waals surface area contributed by atoms with Gasteiger partial charge in [-0.1, -0.05) is 0 Å². The van der Waals surface area contributed by atoms with E-state index in [1.807, 2.05) is 5.09 Å². The fraction of sp³-hybridized carbons (Fsp3) is 0. The molecule has 1 aromatic rings. The molecule has 1 atom stereocenters. The predicted molar refractivity (Wildman–Crippen MR) is 49.8 cm³/mol. The first kappa shape index (κ1) is 10.5. The van der Waals surface area contributed by atoms with E-state index in [2.05, 4.69) is 4.85 Å². The van der Waals surface area contributed by atoms with Crippen LogP contribution in [0.5, 0.6) is 5.75 Å². The predicted octanol–water partition coefficient (Wildman–Crippen LogP) is 0.782. The Bertz CT molecular complexity index is 434. The lowest BCUT2D eigenvalue weighted by Gasteiger charge is -2.20. The number of phenols is 1. The Kier molecular flexibility index (Phi) is 2.77. The highest BCUT2D eigenvalue weighted by molar-refractivity contribution is 7.55. The van der Waals surface area contributed by atoms with E-state index < -0.39 is 7.67 Å². The van der Waals surface area contributed by atoms with E-state index in [0.717, 1.165) is 6.07 Å². The average molecular weight is 212 g/mol. The number of hydrogen-bond donors (Lipinski definition) is 3. The number of phenolic OH excluding ortho intramolecular Hbond substituents is 1. The number of hydrogen-bond acceptors (Lipinski definition) is 3. The molecule has 4 N–H and O–H groups in total. The van der Waals surface area contributed by atoms with Crippen LogP contribution in [0.1, 0.15) is 0 Å². The van der Waals surface area contributed by atoms with E-state index in [9.17, 15) is 9.46 Å². The van der Waals surface area contributed by atoms with Gasteiger partial charge >= 0.3 is 0 Å². The molecule has 0 saturated heterocycles. The van der Waals surface area contributed by atoms with Crippen LogP contribution in [-0.2, 0) is 4.57 Å². The lowest BCUT2D eigenvalue weighted by molar-refractivity contribution is -0.173. The molecule has 0 aromatic heterocycles. The molecule has 14 heavy (non-hydrogen) atoms. The summed E-state index contributed by atoms with van der Waals surface area (Å²) < 4.78 is 10.7. The van der Waals surface area contributed by atoms with E-state index in [0.29, 0.717) is 0 Å². The smallest absolute Gasteiger partial charge is 0.213 e. The van der Waals surface area contributed by atoms with Gasteiger partial charge in [0.1, 0.15) is 5.75 Å². The van der Waals surface area contributed by atoms with Gasteiger partial charge in [0.25, 0.3) is 0 Å². The molecular weight excluding hydrogens is 205 g/mol. The van der Waals surface area contributed by atoms with Gasteiger partial charge in [-0.25, -0.2) is 4.85 Å². The Morgan fingerprint density at radius 1 is 1.64 bits per heavy atom. The molecule has 0 spiro atoms. The molecule has 0 heterocycles. The molecule has 0 fully saturated rings. The van der Waals surface area contributed by atoms with Gasteiger partial charge in [0.15, 0.2) is 7.67 Å². The summed E-state index contributed by atoms with van der Waals surface area (Å²) in [7, 11) is -4.17. The summed E-state index contributed by atoms with van der Waals surface area (Å²) in [4.78, 5) is 13.7. The van der Waals surface area contributed by atoms with Crippen molar-refractivity contribution in [3.8, 4) is 5.75 Å². The quantitative estimate of drug-likeness (QED) is 0.382. The molecule has 0 saturated carbocycles. The second kappa shape index (κ2) is 3.68. The van der Waals surface area contributed by atoms with Gasteiger partial charge in [-0.2, -0.15) is 0 Å². The minimum absolute atomic E-state index is 0.00785. The molecular formula is C7H7N3O3P-. The zero-order valence-corrected chi connectivity index (χ0v) is 7.86. The van der Waals surface area contributed by atoms with Crippen LogP contribution < -0.4 is 15.5 Å². The zero-order chi connectivity index (χ0) is 10.8. The molecule has 6 nitrogen and oxygen atoms in total. The van der Waals surface area contributed by atoms with Crippen molar-refractivity contribution in [1.82, 2.24) is 0 Å². The first-order valence-electron chi connectivity index (χ1n) is 3.51. The average Bonchev–Trinajstić information content (AvgIpc) is 2.06. The Balaban J connectivity index is 3.11. The van der Waals surface area contributed by atoms with Gasteiger partial charge in [0, 0.05) is 5.69 Å². The van der Waals surface area contributed by atoms with E-state index in [4.69, 9.17) is 17.2 Å². The standard InChI is InChI=1S/C7H8N3O3P/c1-9-7-4-5(11)2-3-6(7)10-14(8,12)13/h2-4,11H,(H4,8,10,12,13)/p-1. The number of nitrogens with two attached hydrogens (primary N) is 1. The van der Waals surface area contributed by atoms with Crippen LogP contribution >= 0.6 is 7.67 Å². The molecule has 1 rings (SSSR count). The van der Waals surface area contributed by atoms with Crippen molar-refractivity contribution < 1.29 is 14.6 Å². The number of nitrogens with zero attached hydrogens (tertiary/aromatic N) is 1. The van der Waals surface area contributed by atoms with Crippen LogP contribution in [0, 0.1) is 6.57 Å². The summed E-state index contributed by atoms with van der Waals surface area (Å²) in [5.74, 6) is -0.112. The lowest BCUT2D eigenvalue weighted by atomic mass is 10.2. The minimum atomic E-state index is -4.17. The second-order valence-corrected chi connectivity index (χ2v) is 3.94. The monoisotopic (exact) mass is 212 g/mol. The molecule has 0 aliphatic heterocycles. The van der Waals surface area contributed by atoms with Crippen LogP contribution in [0.3, 0.4) is 0 Å². The molecule has 74 valence electrons. The summed E-state index contributed by atoms with van der Waals surface area (Å²) >= 11 is 0. The van der Waals surface area contributed by atoms with Gasteiger partial charge in [-0.3, -0.25) is 10.1 Å². The van der Waals surface area contributed by atoms with Gasteiger partial charge in [0.05, 0.1) is 6.57 Å². The summed E-state index contributed by atoms with van der Waals surface area (Å²) in [6.07, 6.45) is 0. The van der Waals surface area contributed by atoms with Crippen molar-refractivity contribution >= 4 is 19.0 Å². The van der Waals surface area contributed by atoms with E-state index in [1.165, 1.54) is 12.1 Å². The number of nitrogens with one attached hydrogen (secondary N) is 1. The molecule has 0 amide bonds. The lowest BCUT2D eigenvalue weighted by Crippen LogP contribution is -2.16. The molecule has 0 radical (unpaired) electrons. The maximum absolute atomic E-state index is 10.7. The largest absolute Gasteiger partial charge is 0.772 e. The fourth-order valence-electron chi connectivity index (χ4n) is 0.875. The number of benzene rings is 1. The highest BCUT2D eigenvalue weighted by Gasteiger charge is 2.06. The van der Waals surface area contributed by atoms with Crippen LogP contribution in [0.2, 0.25) is 0 Å². The number of aromatic hydroxyl groups is 1. The summed E-state index contributed by atoms with van der Waals surface area (Å²) in [6.45, 7) is 6.73. The van der Waals surface area contributed by atoms with Gasteiger partial charge < -0.3 is 15.1 Å².